The van der Waals surface area contributed by atoms with Crippen molar-refractivity contribution in [3.05, 3.63) is 117 Å². The summed E-state index contributed by atoms with van der Waals surface area (Å²) in [6, 6.07) is 21.7. The second kappa shape index (κ2) is 9.33. The first-order valence-electron chi connectivity index (χ1n) is 10.6. The molecule has 0 saturated carbocycles. The lowest BCUT2D eigenvalue weighted by Gasteiger charge is -2.17. The van der Waals surface area contributed by atoms with Crippen molar-refractivity contribution in [2.24, 2.45) is 9.98 Å². The smallest absolute Gasteiger partial charge is 0.277 e. The zero-order chi connectivity index (χ0) is 25.4. The van der Waals surface area contributed by atoms with E-state index in [4.69, 9.17) is 23.2 Å². The molecule has 1 aliphatic carbocycles. The second-order valence-electron chi connectivity index (χ2n) is 7.79. The molecule has 0 saturated heterocycles. The van der Waals surface area contributed by atoms with Gasteiger partial charge >= 0.3 is 0 Å². The summed E-state index contributed by atoms with van der Waals surface area (Å²) in [5, 5.41) is 22.7. The molecule has 2 N–H and O–H groups in total. The fourth-order valence-corrected chi connectivity index (χ4v) is 3.94. The van der Waals surface area contributed by atoms with Crippen LogP contribution in [0.1, 0.15) is 20.7 Å². The highest BCUT2D eigenvalue weighted by molar-refractivity contribution is 6.31. The van der Waals surface area contributed by atoms with E-state index in [2.05, 4.69) is 9.98 Å². The van der Waals surface area contributed by atoms with Crippen LogP contribution in [-0.2, 0) is 0 Å². The third-order valence-corrected chi connectivity index (χ3v) is 6.00. The van der Waals surface area contributed by atoms with Gasteiger partial charge in [-0.2, -0.15) is 9.46 Å². The minimum Gasteiger partial charge on any atom is -0.428 e. The zero-order valence-electron chi connectivity index (χ0n) is 18.3. The van der Waals surface area contributed by atoms with Gasteiger partial charge in [-0.25, -0.2) is 9.98 Å². The Morgan fingerprint density at radius 2 is 0.972 bits per heavy atom. The Labute approximate surface area is 213 Å². The van der Waals surface area contributed by atoms with Gasteiger partial charge in [0.15, 0.2) is 0 Å². The molecular formula is C26H16Cl2N4O4. The highest BCUT2D eigenvalue weighted by atomic mass is 35.5. The number of halogens is 2. The van der Waals surface area contributed by atoms with Gasteiger partial charge in [0.05, 0.1) is 10.7 Å². The van der Waals surface area contributed by atoms with Gasteiger partial charge in [0.25, 0.3) is 11.8 Å². The monoisotopic (exact) mass is 518 g/mol. The highest BCUT2D eigenvalue weighted by Gasteiger charge is 2.18. The van der Waals surface area contributed by atoms with E-state index < -0.39 is 11.8 Å². The lowest BCUT2D eigenvalue weighted by Crippen LogP contribution is -2.31. The Balaban J connectivity index is 1.79. The van der Waals surface area contributed by atoms with Gasteiger partial charge in [0, 0.05) is 21.2 Å². The van der Waals surface area contributed by atoms with Crippen molar-refractivity contribution in [1.82, 2.24) is 9.46 Å². The summed E-state index contributed by atoms with van der Waals surface area (Å²) >= 11 is 11.8. The summed E-state index contributed by atoms with van der Waals surface area (Å²) in [6.45, 7) is 0. The molecule has 5 rings (SSSR count). The van der Waals surface area contributed by atoms with E-state index in [1.807, 2.05) is 0 Å². The van der Waals surface area contributed by atoms with Crippen LogP contribution in [-0.4, -0.2) is 31.7 Å². The Morgan fingerprint density at radius 1 is 0.611 bits per heavy atom. The van der Waals surface area contributed by atoms with Crippen molar-refractivity contribution in [2.75, 3.05) is 0 Å². The van der Waals surface area contributed by atoms with Crippen LogP contribution in [0.2, 0.25) is 10.0 Å². The molecular weight excluding hydrogens is 503 g/mol. The molecule has 0 bridgehead atoms. The van der Waals surface area contributed by atoms with Gasteiger partial charge in [0.2, 0.25) is 0 Å². The van der Waals surface area contributed by atoms with Gasteiger partial charge in [-0.05, 0) is 72.8 Å². The minimum atomic E-state index is -0.608. The number of amides is 2. The molecule has 3 aromatic carbocycles. The minimum absolute atomic E-state index is 0.0165. The zero-order valence-corrected chi connectivity index (χ0v) is 19.9. The van der Waals surface area contributed by atoms with Crippen molar-refractivity contribution in [1.29, 1.82) is 0 Å². The first-order valence-corrected chi connectivity index (χ1v) is 11.4. The number of fused-ring (bicyclic) bond motifs is 2. The molecule has 1 aliphatic heterocycles. The number of benzene rings is 4. The summed E-state index contributed by atoms with van der Waals surface area (Å²) in [6.07, 6.45) is 0. The second-order valence-corrected chi connectivity index (χ2v) is 8.66. The van der Waals surface area contributed by atoms with Crippen LogP contribution in [0.15, 0.2) is 94.9 Å². The van der Waals surface area contributed by atoms with Crippen LogP contribution in [0.5, 0.6) is 0 Å². The van der Waals surface area contributed by atoms with Crippen LogP contribution < -0.4 is 10.7 Å². The molecule has 36 heavy (non-hydrogen) atoms. The summed E-state index contributed by atoms with van der Waals surface area (Å²) in [5.41, 5.74) is 1.42. The van der Waals surface area contributed by atoms with Gasteiger partial charge < -0.3 is 10.4 Å². The number of carbonyl (C=O) groups is 2. The average Bonchev–Trinajstić information content (AvgIpc) is 2.88. The summed E-state index contributed by atoms with van der Waals surface area (Å²) < 4.78 is 1.74. The van der Waals surface area contributed by atoms with Gasteiger partial charge in [-0.3, -0.25) is 9.59 Å². The van der Waals surface area contributed by atoms with Crippen molar-refractivity contribution in [3.8, 4) is 11.4 Å². The summed E-state index contributed by atoms with van der Waals surface area (Å²) in [4.78, 5) is 34.1. The molecule has 0 aromatic heterocycles. The molecule has 0 atom stereocenters. The number of hydrogen-bond donors (Lipinski definition) is 2. The van der Waals surface area contributed by atoms with Crippen LogP contribution in [0, 0.1) is 0 Å². The van der Waals surface area contributed by atoms with Gasteiger partial charge in [-0.15, -0.1) is 0 Å². The Bertz CT molecular complexity index is 1620. The number of para-hydroxylation sites is 2. The van der Waals surface area contributed by atoms with Crippen molar-refractivity contribution < 1.29 is 20.0 Å². The standard InChI is InChI=1S/C26H16Cl2N4O4/c27-17-9-5-15(6-10-17)25(33)29-19-13-23-24(32(36)22-4-2-1-3-21(22)31(23)35)14-20(19)30-26(34)16-7-11-18(28)12-8-16/h1-14,35-36H. The molecule has 0 fully saturated rings. The quantitative estimate of drug-likeness (QED) is 0.258. The topological polar surface area (TPSA) is 109 Å². The Kier molecular flexibility index (Phi) is 6.05. The molecule has 0 unspecified atom stereocenters. The van der Waals surface area contributed by atoms with Crippen molar-refractivity contribution in [3.63, 3.8) is 0 Å². The van der Waals surface area contributed by atoms with E-state index in [0.717, 1.165) is 9.46 Å². The summed E-state index contributed by atoms with van der Waals surface area (Å²) in [5.74, 6) is -1.22. The van der Waals surface area contributed by atoms with Crippen molar-refractivity contribution in [2.45, 2.75) is 0 Å². The molecule has 1 heterocycles. The molecule has 2 aliphatic rings. The molecule has 178 valence electrons. The predicted molar refractivity (Wildman–Crippen MR) is 134 cm³/mol. The van der Waals surface area contributed by atoms with Gasteiger partial charge in [0.1, 0.15) is 22.4 Å². The Hall–Kier alpha value is -4.40. The predicted octanol–water partition coefficient (Wildman–Crippen LogP) is 4.81. The first-order chi connectivity index (χ1) is 17.3. The van der Waals surface area contributed by atoms with E-state index >= 15 is 0 Å². The van der Waals surface area contributed by atoms with E-state index in [0.29, 0.717) is 21.1 Å². The van der Waals surface area contributed by atoms with Crippen molar-refractivity contribution >= 4 is 46.0 Å². The maximum atomic E-state index is 12.9. The average molecular weight is 519 g/mol. The molecule has 8 nitrogen and oxygen atoms in total. The molecule has 3 aromatic rings. The number of aromatic nitrogens is 2. The van der Waals surface area contributed by atoms with Crippen LogP contribution in [0.3, 0.4) is 0 Å². The fraction of sp³-hybridized carbons (Fsp3) is 0. The largest absolute Gasteiger partial charge is 0.428 e. The Morgan fingerprint density at radius 3 is 1.33 bits per heavy atom. The number of carbonyl (C=O) groups excluding carboxylic acids is 2. The van der Waals surface area contributed by atoms with Crippen LogP contribution in [0.25, 0.3) is 22.4 Å². The number of rotatable bonds is 2. The molecule has 10 heteroatoms. The van der Waals surface area contributed by atoms with E-state index in [-0.39, 0.29) is 33.2 Å². The molecule has 0 spiro atoms. The molecule has 0 radical (unpaired) electrons. The normalized spacial score (nSPS) is 12.4. The third-order valence-electron chi connectivity index (χ3n) is 5.49. The fourth-order valence-electron chi connectivity index (χ4n) is 3.69. The van der Waals surface area contributed by atoms with E-state index in [9.17, 15) is 20.0 Å². The van der Waals surface area contributed by atoms with E-state index in [1.54, 1.807) is 48.5 Å². The molecule has 2 amide bonds. The maximum absolute atomic E-state index is 12.9. The first kappa shape index (κ1) is 23.3. The lowest BCUT2D eigenvalue weighted by atomic mass is 10.1. The summed E-state index contributed by atoms with van der Waals surface area (Å²) in [7, 11) is 0. The van der Waals surface area contributed by atoms with Crippen LogP contribution in [0.4, 0.5) is 0 Å². The maximum Gasteiger partial charge on any atom is 0.277 e. The van der Waals surface area contributed by atoms with E-state index in [1.165, 1.54) is 36.4 Å². The lowest BCUT2D eigenvalue weighted by molar-refractivity contribution is 0.0986. The number of hydrogen-bond acceptors (Lipinski definition) is 4. The third kappa shape index (κ3) is 4.35. The highest BCUT2D eigenvalue weighted by Crippen LogP contribution is 2.24. The van der Waals surface area contributed by atoms with Crippen LogP contribution >= 0.6 is 23.2 Å². The van der Waals surface area contributed by atoms with Gasteiger partial charge in [-0.1, -0.05) is 35.3 Å². The SMILES string of the molecule is O=C(N=c1cc2n(O)c3ccccc3n(O)c-2cc1=NC(=O)c1ccc(Cl)cc1)c1ccc(Cl)cc1. The number of nitrogens with zero attached hydrogens (tertiary/aromatic N) is 4.